The third-order valence-corrected chi connectivity index (χ3v) is 6.28. The van der Waals surface area contributed by atoms with Gasteiger partial charge in [0.2, 0.25) is 11.9 Å². The molecule has 1 amide bonds. The zero-order valence-corrected chi connectivity index (χ0v) is 22.5. The van der Waals surface area contributed by atoms with Crippen molar-refractivity contribution in [3.8, 4) is 11.6 Å². The van der Waals surface area contributed by atoms with Gasteiger partial charge in [-0.2, -0.15) is 4.98 Å². The first-order chi connectivity index (χ1) is 18.3. The molecule has 0 aliphatic carbocycles. The number of aliphatic hydroxyl groups excluding tert-OH is 1. The zero-order valence-electron chi connectivity index (χ0n) is 22.5. The van der Waals surface area contributed by atoms with Gasteiger partial charge in [-0.25, -0.2) is 4.98 Å². The van der Waals surface area contributed by atoms with Gasteiger partial charge in [-0.15, -0.1) is 0 Å². The summed E-state index contributed by atoms with van der Waals surface area (Å²) in [7, 11) is 7.65. The minimum Gasteiger partial charge on any atom is -0.494 e. The van der Waals surface area contributed by atoms with Gasteiger partial charge in [0.1, 0.15) is 11.6 Å². The monoisotopic (exact) mass is 517 g/mol. The molecule has 0 unspecified atom stereocenters. The maximum atomic E-state index is 12.3. The van der Waals surface area contributed by atoms with Gasteiger partial charge in [0, 0.05) is 50.4 Å². The molecular weight excluding hydrogens is 482 g/mol. The molecule has 0 aliphatic rings. The van der Waals surface area contributed by atoms with Gasteiger partial charge in [-0.1, -0.05) is 13.0 Å². The third kappa shape index (κ3) is 6.04. The van der Waals surface area contributed by atoms with Crippen LogP contribution in [0.25, 0.3) is 16.7 Å². The second-order valence-corrected chi connectivity index (χ2v) is 9.30. The standard InChI is InChI=1S/C28H35N7O3/c1-6-27(37)30-21-16-22(25(38-5)17-24(21)34(4)14-13-33(2)3)31-28-29-11-9-26(32-28)35-12-10-20-15-19(18-36)7-8-23(20)35/h7-12,15-17,36H,6,13-14,18H2,1-5H3,(H,30,37)(H,29,31,32). The summed E-state index contributed by atoms with van der Waals surface area (Å²) in [5.41, 5.74) is 3.99. The average Bonchev–Trinajstić information content (AvgIpc) is 3.35. The van der Waals surface area contributed by atoms with Crippen LogP contribution in [0.4, 0.5) is 23.0 Å². The lowest BCUT2D eigenvalue weighted by atomic mass is 10.2. The van der Waals surface area contributed by atoms with E-state index in [-0.39, 0.29) is 12.5 Å². The van der Waals surface area contributed by atoms with E-state index in [1.807, 2.05) is 81.3 Å². The van der Waals surface area contributed by atoms with Crippen LogP contribution in [0.15, 0.2) is 54.9 Å². The fraction of sp³-hybridized carbons (Fsp3) is 0.321. The Morgan fingerprint density at radius 2 is 1.89 bits per heavy atom. The van der Waals surface area contributed by atoms with Crippen molar-refractivity contribution >= 4 is 39.8 Å². The highest BCUT2D eigenvalue weighted by Gasteiger charge is 2.17. The highest BCUT2D eigenvalue weighted by Crippen LogP contribution is 2.38. The number of fused-ring (bicyclic) bond motifs is 1. The van der Waals surface area contributed by atoms with Gasteiger partial charge < -0.3 is 34.8 Å². The van der Waals surface area contributed by atoms with Crippen LogP contribution in [0.3, 0.4) is 0 Å². The molecular formula is C28H35N7O3. The van der Waals surface area contributed by atoms with Crippen molar-refractivity contribution in [2.24, 2.45) is 0 Å². The Hall–Kier alpha value is -4.15. The summed E-state index contributed by atoms with van der Waals surface area (Å²) in [5, 5.41) is 16.7. The van der Waals surface area contributed by atoms with E-state index < -0.39 is 0 Å². The summed E-state index contributed by atoms with van der Waals surface area (Å²) in [6, 6.07) is 13.4. The predicted molar refractivity (Wildman–Crippen MR) is 152 cm³/mol. The Balaban J connectivity index is 1.68. The van der Waals surface area contributed by atoms with Crippen LogP contribution in [-0.2, 0) is 11.4 Å². The number of anilines is 4. The first-order valence-electron chi connectivity index (χ1n) is 12.5. The van der Waals surface area contributed by atoms with E-state index >= 15 is 0 Å². The fourth-order valence-corrected chi connectivity index (χ4v) is 4.11. The average molecular weight is 518 g/mol. The number of hydrogen-bond acceptors (Lipinski definition) is 8. The number of rotatable bonds is 11. The van der Waals surface area contributed by atoms with Crippen LogP contribution in [-0.4, -0.2) is 71.8 Å². The summed E-state index contributed by atoms with van der Waals surface area (Å²) >= 11 is 0. The van der Waals surface area contributed by atoms with E-state index in [9.17, 15) is 9.90 Å². The number of hydrogen-bond donors (Lipinski definition) is 3. The normalized spacial score (nSPS) is 11.1. The molecule has 38 heavy (non-hydrogen) atoms. The van der Waals surface area contributed by atoms with Crippen molar-refractivity contribution in [1.82, 2.24) is 19.4 Å². The molecule has 0 saturated carbocycles. The van der Waals surface area contributed by atoms with Crippen LogP contribution >= 0.6 is 0 Å². The SMILES string of the molecule is CCC(=O)Nc1cc(Nc2nccc(-n3ccc4cc(CO)ccc43)n2)c(OC)cc1N(C)CCN(C)C. The summed E-state index contributed by atoms with van der Waals surface area (Å²) in [6.07, 6.45) is 3.99. The molecule has 0 aliphatic heterocycles. The third-order valence-electron chi connectivity index (χ3n) is 6.28. The van der Waals surface area contributed by atoms with Crippen molar-refractivity contribution in [3.63, 3.8) is 0 Å². The number of carbonyl (C=O) groups is 1. The van der Waals surface area contributed by atoms with Crippen LogP contribution in [0.5, 0.6) is 5.75 Å². The summed E-state index contributed by atoms with van der Waals surface area (Å²) in [6.45, 7) is 3.45. The number of aliphatic hydroxyl groups is 1. The number of amides is 1. The van der Waals surface area contributed by atoms with Crippen LogP contribution in [0, 0.1) is 0 Å². The molecule has 0 radical (unpaired) electrons. The zero-order chi connectivity index (χ0) is 27.2. The highest BCUT2D eigenvalue weighted by atomic mass is 16.5. The predicted octanol–water partition coefficient (Wildman–Crippen LogP) is 4.01. The van der Waals surface area contributed by atoms with Gasteiger partial charge in [0.25, 0.3) is 0 Å². The quantitative estimate of drug-likeness (QED) is 0.274. The topological polar surface area (TPSA) is 108 Å². The molecule has 0 bridgehead atoms. The maximum absolute atomic E-state index is 12.3. The second kappa shape index (κ2) is 11.9. The Labute approximate surface area is 222 Å². The number of benzene rings is 2. The van der Waals surface area contributed by atoms with E-state index in [0.29, 0.717) is 35.3 Å². The van der Waals surface area contributed by atoms with Crippen molar-refractivity contribution < 1.29 is 14.6 Å². The molecule has 0 fully saturated rings. The number of likely N-dealkylation sites (N-methyl/N-ethyl adjacent to an activating group) is 2. The molecule has 4 rings (SSSR count). The number of nitrogens with zero attached hydrogens (tertiary/aromatic N) is 5. The number of aromatic nitrogens is 3. The minimum absolute atomic E-state index is 0.00450. The summed E-state index contributed by atoms with van der Waals surface area (Å²) in [4.78, 5) is 25.7. The Bertz CT molecular complexity index is 1420. The van der Waals surface area contributed by atoms with Gasteiger partial charge in [-0.05, 0) is 50.0 Å². The van der Waals surface area contributed by atoms with Gasteiger partial charge in [0.05, 0.1) is 36.3 Å². The lowest BCUT2D eigenvalue weighted by Gasteiger charge is -2.26. The number of methoxy groups -OCH3 is 1. The molecule has 4 aromatic rings. The summed E-state index contributed by atoms with van der Waals surface area (Å²) < 4.78 is 7.68. The lowest BCUT2D eigenvalue weighted by Crippen LogP contribution is -2.29. The molecule has 10 heteroatoms. The van der Waals surface area contributed by atoms with Gasteiger partial charge >= 0.3 is 0 Å². The molecule has 2 aromatic carbocycles. The minimum atomic E-state index is -0.0783. The fourth-order valence-electron chi connectivity index (χ4n) is 4.11. The largest absolute Gasteiger partial charge is 0.494 e. The molecule has 10 nitrogen and oxygen atoms in total. The van der Waals surface area contributed by atoms with E-state index in [2.05, 4.69) is 25.4 Å². The van der Waals surface area contributed by atoms with Crippen LogP contribution < -0.4 is 20.3 Å². The lowest BCUT2D eigenvalue weighted by molar-refractivity contribution is -0.115. The molecule has 200 valence electrons. The van der Waals surface area contributed by atoms with Gasteiger partial charge in [0.15, 0.2) is 0 Å². The Morgan fingerprint density at radius 3 is 2.61 bits per heavy atom. The van der Waals surface area contributed by atoms with E-state index in [0.717, 1.165) is 35.2 Å². The molecule has 2 heterocycles. The van der Waals surface area contributed by atoms with E-state index in [1.165, 1.54) is 0 Å². The Kier molecular flexibility index (Phi) is 8.45. The second-order valence-electron chi connectivity index (χ2n) is 9.30. The Morgan fingerprint density at radius 1 is 1.08 bits per heavy atom. The first kappa shape index (κ1) is 26.9. The maximum Gasteiger partial charge on any atom is 0.229 e. The first-order valence-corrected chi connectivity index (χ1v) is 12.5. The van der Waals surface area contributed by atoms with Crippen molar-refractivity contribution in [1.29, 1.82) is 0 Å². The van der Waals surface area contributed by atoms with Crippen molar-refractivity contribution in [2.75, 3.05) is 56.9 Å². The van der Waals surface area contributed by atoms with Crippen LogP contribution in [0.1, 0.15) is 18.9 Å². The molecule has 2 aromatic heterocycles. The number of nitrogens with one attached hydrogen (secondary N) is 2. The molecule has 0 spiro atoms. The summed E-state index contributed by atoms with van der Waals surface area (Å²) in [5.74, 6) is 1.59. The number of carbonyl (C=O) groups excluding carboxylic acids is 1. The molecule has 3 N–H and O–H groups in total. The molecule has 0 saturated heterocycles. The smallest absolute Gasteiger partial charge is 0.229 e. The van der Waals surface area contributed by atoms with Crippen LogP contribution in [0.2, 0.25) is 0 Å². The van der Waals surface area contributed by atoms with Crippen molar-refractivity contribution in [2.45, 2.75) is 20.0 Å². The molecule has 0 atom stereocenters. The number of ether oxygens (including phenoxy) is 1. The van der Waals surface area contributed by atoms with Gasteiger partial charge in [-0.3, -0.25) is 4.79 Å². The van der Waals surface area contributed by atoms with E-state index in [4.69, 9.17) is 9.72 Å². The van der Waals surface area contributed by atoms with Crippen molar-refractivity contribution in [3.05, 3.63) is 60.4 Å². The van der Waals surface area contributed by atoms with E-state index in [1.54, 1.807) is 13.3 Å². The highest BCUT2D eigenvalue weighted by molar-refractivity contribution is 5.96.